The van der Waals surface area contributed by atoms with E-state index in [-0.39, 0.29) is 12.6 Å². The van der Waals surface area contributed by atoms with Crippen LogP contribution in [0.1, 0.15) is 12.6 Å². The van der Waals surface area contributed by atoms with E-state index in [1.165, 1.54) is 0 Å². The lowest BCUT2D eigenvalue weighted by Crippen LogP contribution is -2.14. The van der Waals surface area contributed by atoms with Gasteiger partial charge in [0.25, 0.3) is 5.95 Å². The van der Waals surface area contributed by atoms with E-state index < -0.39 is 6.09 Å². The van der Waals surface area contributed by atoms with Crippen LogP contribution in [0, 0.1) is 6.92 Å². The molecule has 1 N–H and O–H groups in total. The maximum Gasteiger partial charge on any atom is 0.414 e. The summed E-state index contributed by atoms with van der Waals surface area (Å²) in [7, 11) is 0. The number of pyridine rings is 1. The van der Waals surface area contributed by atoms with Crippen LogP contribution in [0.25, 0.3) is 22.4 Å². The van der Waals surface area contributed by atoms with E-state index in [0.29, 0.717) is 5.65 Å². The van der Waals surface area contributed by atoms with Crippen molar-refractivity contribution in [1.82, 2.24) is 29.6 Å². The molecule has 4 aromatic rings. The van der Waals surface area contributed by atoms with Crippen molar-refractivity contribution in [2.75, 3.05) is 11.9 Å². The molecular formula is C16H15N7O2. The first-order valence-corrected chi connectivity index (χ1v) is 7.78. The molecule has 0 radical (unpaired) electrons. The average Bonchev–Trinajstić information content (AvgIpc) is 3.20. The van der Waals surface area contributed by atoms with E-state index >= 15 is 0 Å². The van der Waals surface area contributed by atoms with E-state index in [4.69, 9.17) is 4.74 Å². The predicted octanol–water partition coefficient (Wildman–Crippen LogP) is 2.34. The van der Waals surface area contributed by atoms with Crippen LogP contribution in [-0.2, 0) is 4.74 Å². The largest absolute Gasteiger partial charge is 0.450 e. The molecular weight excluding hydrogens is 322 g/mol. The standard InChI is InChI=1S/C16H15N7O2/c1-3-25-16(24)18-15-17-14-9-8-12(10(2)22(14)20-15)23-13-7-5-4-6-11(13)19-21-23/h4-9H,3H2,1-2H3,(H,18,20,24). The van der Waals surface area contributed by atoms with E-state index in [0.717, 1.165) is 22.4 Å². The monoisotopic (exact) mass is 337 g/mol. The first kappa shape index (κ1) is 15.1. The number of carbonyl (C=O) groups is 1. The zero-order valence-electron chi connectivity index (χ0n) is 13.7. The minimum atomic E-state index is -0.585. The fraction of sp³-hybridized carbons (Fsp3) is 0.188. The lowest BCUT2D eigenvalue weighted by Gasteiger charge is -2.07. The number of para-hydroxylation sites is 1. The molecule has 0 aliphatic carbocycles. The van der Waals surface area contributed by atoms with Crippen molar-refractivity contribution in [3.8, 4) is 5.69 Å². The van der Waals surface area contributed by atoms with Gasteiger partial charge < -0.3 is 4.74 Å². The first-order chi connectivity index (χ1) is 12.2. The van der Waals surface area contributed by atoms with Crippen LogP contribution < -0.4 is 5.32 Å². The molecule has 0 unspecified atom stereocenters. The molecule has 25 heavy (non-hydrogen) atoms. The number of ether oxygens (including phenoxy) is 1. The molecule has 0 aliphatic heterocycles. The first-order valence-electron chi connectivity index (χ1n) is 7.78. The van der Waals surface area contributed by atoms with Gasteiger partial charge in [0.15, 0.2) is 5.65 Å². The van der Waals surface area contributed by atoms with Gasteiger partial charge in [-0.3, -0.25) is 5.32 Å². The number of aromatic nitrogens is 6. The highest BCUT2D eigenvalue weighted by Gasteiger charge is 2.14. The number of fused-ring (bicyclic) bond motifs is 2. The molecule has 0 atom stereocenters. The summed E-state index contributed by atoms with van der Waals surface area (Å²) in [5, 5.41) is 15.2. The Bertz CT molecular complexity index is 1080. The highest BCUT2D eigenvalue weighted by Crippen LogP contribution is 2.20. The summed E-state index contributed by atoms with van der Waals surface area (Å²) in [6, 6.07) is 11.4. The maximum absolute atomic E-state index is 11.5. The van der Waals surface area contributed by atoms with Crippen LogP contribution in [0.5, 0.6) is 0 Å². The van der Waals surface area contributed by atoms with Gasteiger partial charge in [-0.1, -0.05) is 17.3 Å². The number of hydrogen-bond acceptors (Lipinski definition) is 6. The van der Waals surface area contributed by atoms with E-state index in [1.807, 2.05) is 43.3 Å². The van der Waals surface area contributed by atoms with Gasteiger partial charge in [0.1, 0.15) is 5.52 Å². The Morgan fingerprint density at radius 3 is 2.92 bits per heavy atom. The molecule has 3 heterocycles. The highest BCUT2D eigenvalue weighted by molar-refractivity contribution is 5.82. The van der Waals surface area contributed by atoms with Crippen LogP contribution >= 0.6 is 0 Å². The second-order valence-electron chi connectivity index (χ2n) is 5.34. The molecule has 9 heteroatoms. The quantitative estimate of drug-likeness (QED) is 0.616. The summed E-state index contributed by atoms with van der Waals surface area (Å²) in [4.78, 5) is 15.8. The number of nitrogens with zero attached hydrogens (tertiary/aromatic N) is 6. The fourth-order valence-electron chi connectivity index (χ4n) is 2.64. The normalized spacial score (nSPS) is 11.1. The number of aryl methyl sites for hydroxylation is 1. The van der Waals surface area contributed by atoms with Gasteiger partial charge in [0.05, 0.1) is 23.5 Å². The number of anilines is 1. The molecule has 0 saturated heterocycles. The highest BCUT2D eigenvalue weighted by atomic mass is 16.5. The topological polar surface area (TPSA) is 99.2 Å². The molecule has 9 nitrogen and oxygen atoms in total. The summed E-state index contributed by atoms with van der Waals surface area (Å²) in [6.07, 6.45) is -0.585. The fourth-order valence-corrected chi connectivity index (χ4v) is 2.64. The predicted molar refractivity (Wildman–Crippen MR) is 90.8 cm³/mol. The number of hydrogen-bond donors (Lipinski definition) is 1. The molecule has 0 bridgehead atoms. The van der Waals surface area contributed by atoms with Crippen molar-refractivity contribution in [2.24, 2.45) is 0 Å². The van der Waals surface area contributed by atoms with Crippen molar-refractivity contribution >= 4 is 28.7 Å². The third-order valence-electron chi connectivity index (χ3n) is 3.78. The summed E-state index contributed by atoms with van der Waals surface area (Å²) in [5.41, 5.74) is 3.96. The van der Waals surface area contributed by atoms with Gasteiger partial charge in [-0.2, -0.15) is 4.98 Å². The molecule has 1 aromatic carbocycles. The van der Waals surface area contributed by atoms with Gasteiger partial charge in [-0.05, 0) is 38.1 Å². The van der Waals surface area contributed by atoms with Crippen molar-refractivity contribution in [3.05, 3.63) is 42.1 Å². The van der Waals surface area contributed by atoms with Crippen LogP contribution in [-0.4, -0.2) is 42.3 Å². The minimum Gasteiger partial charge on any atom is -0.450 e. The summed E-state index contributed by atoms with van der Waals surface area (Å²) < 4.78 is 8.24. The molecule has 4 rings (SSSR count). The zero-order chi connectivity index (χ0) is 17.4. The lowest BCUT2D eigenvalue weighted by molar-refractivity contribution is 0.167. The van der Waals surface area contributed by atoms with Crippen LogP contribution in [0.3, 0.4) is 0 Å². The number of amides is 1. The van der Waals surface area contributed by atoms with Crippen molar-refractivity contribution in [2.45, 2.75) is 13.8 Å². The van der Waals surface area contributed by atoms with E-state index in [2.05, 4.69) is 25.7 Å². The Morgan fingerprint density at radius 1 is 1.24 bits per heavy atom. The van der Waals surface area contributed by atoms with Crippen LogP contribution in [0.4, 0.5) is 10.7 Å². The molecule has 0 saturated carbocycles. The number of nitrogens with one attached hydrogen (secondary N) is 1. The molecule has 0 spiro atoms. The Balaban J connectivity index is 1.79. The Kier molecular flexibility index (Phi) is 3.53. The van der Waals surface area contributed by atoms with Crippen molar-refractivity contribution in [3.63, 3.8) is 0 Å². The summed E-state index contributed by atoms with van der Waals surface area (Å²) in [5.74, 6) is 0.183. The van der Waals surface area contributed by atoms with Crippen molar-refractivity contribution in [1.29, 1.82) is 0 Å². The van der Waals surface area contributed by atoms with Gasteiger partial charge in [0.2, 0.25) is 0 Å². The SMILES string of the molecule is CCOC(=O)Nc1nc2ccc(-n3nnc4ccccc43)c(C)n2n1. The zero-order valence-corrected chi connectivity index (χ0v) is 13.7. The third kappa shape index (κ3) is 2.55. The minimum absolute atomic E-state index is 0.183. The second kappa shape index (κ2) is 5.86. The average molecular weight is 337 g/mol. The summed E-state index contributed by atoms with van der Waals surface area (Å²) >= 11 is 0. The summed E-state index contributed by atoms with van der Waals surface area (Å²) in [6.45, 7) is 3.92. The van der Waals surface area contributed by atoms with Gasteiger partial charge >= 0.3 is 6.09 Å². The number of rotatable bonds is 3. The number of benzene rings is 1. The van der Waals surface area contributed by atoms with E-state index in [9.17, 15) is 4.79 Å². The molecule has 0 fully saturated rings. The van der Waals surface area contributed by atoms with Gasteiger partial charge in [-0.25, -0.2) is 14.0 Å². The lowest BCUT2D eigenvalue weighted by atomic mass is 10.2. The van der Waals surface area contributed by atoms with E-state index in [1.54, 1.807) is 16.1 Å². The molecule has 0 aliphatic rings. The Morgan fingerprint density at radius 2 is 2.08 bits per heavy atom. The Hall–Kier alpha value is -3.49. The van der Waals surface area contributed by atoms with Gasteiger partial charge in [0, 0.05) is 0 Å². The molecule has 126 valence electrons. The second-order valence-corrected chi connectivity index (χ2v) is 5.34. The van der Waals surface area contributed by atoms with Crippen LogP contribution in [0.15, 0.2) is 36.4 Å². The number of carbonyl (C=O) groups excluding carboxylic acids is 1. The van der Waals surface area contributed by atoms with Gasteiger partial charge in [-0.15, -0.1) is 10.2 Å². The molecule has 3 aromatic heterocycles. The van der Waals surface area contributed by atoms with Crippen LogP contribution in [0.2, 0.25) is 0 Å². The Labute approximate surface area is 142 Å². The maximum atomic E-state index is 11.5. The third-order valence-corrected chi connectivity index (χ3v) is 3.78. The van der Waals surface area contributed by atoms with Crippen molar-refractivity contribution < 1.29 is 9.53 Å². The smallest absolute Gasteiger partial charge is 0.414 e. The molecule has 1 amide bonds.